The summed E-state index contributed by atoms with van der Waals surface area (Å²) in [4.78, 5) is 26.1. The summed E-state index contributed by atoms with van der Waals surface area (Å²) in [6.45, 7) is 0.934. The molecule has 3 rings (SSSR count). The molecule has 0 radical (unpaired) electrons. The Morgan fingerprint density at radius 2 is 1.97 bits per heavy atom. The van der Waals surface area contributed by atoms with E-state index in [-0.39, 0.29) is 22.2 Å². The number of rotatable bonds is 7. The maximum atomic E-state index is 13.1. The van der Waals surface area contributed by atoms with Crippen molar-refractivity contribution in [3.63, 3.8) is 0 Å². The van der Waals surface area contributed by atoms with Crippen molar-refractivity contribution in [2.75, 3.05) is 29.0 Å². The number of thiophene rings is 1. The first-order valence-electron chi connectivity index (χ1n) is 9.79. The number of sulfonamides is 1. The Labute approximate surface area is 197 Å². The van der Waals surface area contributed by atoms with E-state index < -0.39 is 45.9 Å². The van der Waals surface area contributed by atoms with Crippen LogP contribution < -0.4 is 9.62 Å². The third-order valence-electron chi connectivity index (χ3n) is 4.88. The number of alkyl halides is 3. The smallest absolute Gasteiger partial charge is 0.416 e. The van der Waals surface area contributed by atoms with Crippen molar-refractivity contribution in [3.8, 4) is 0 Å². The highest BCUT2D eigenvalue weighted by Crippen LogP contribution is 2.40. The van der Waals surface area contributed by atoms with Crippen LogP contribution in [-0.4, -0.2) is 39.7 Å². The predicted octanol–water partition coefficient (Wildman–Crippen LogP) is 4.49. The monoisotopic (exact) mass is 524 g/mol. The second-order valence-corrected chi connectivity index (χ2v) is 10.7. The number of esters is 1. The molecule has 0 unspecified atom stereocenters. The van der Waals surface area contributed by atoms with Crippen LogP contribution in [0.2, 0.25) is 5.02 Å². The van der Waals surface area contributed by atoms with Gasteiger partial charge in [-0.1, -0.05) is 11.6 Å². The SMILES string of the molecule is CCOC(=O)c1c(NC(=O)CN(c2cc(C(F)(F)F)ccc2Cl)S(C)(=O)=O)sc2c1CCC2. The summed E-state index contributed by atoms with van der Waals surface area (Å²) in [6, 6.07) is 2.20. The predicted molar refractivity (Wildman–Crippen MR) is 120 cm³/mol. The van der Waals surface area contributed by atoms with Crippen LogP contribution in [0.25, 0.3) is 0 Å². The third kappa shape index (κ3) is 5.61. The van der Waals surface area contributed by atoms with E-state index in [1.54, 1.807) is 6.92 Å². The lowest BCUT2D eigenvalue weighted by Crippen LogP contribution is -2.37. The molecule has 0 saturated carbocycles. The molecule has 7 nitrogen and oxygen atoms in total. The first-order valence-corrected chi connectivity index (χ1v) is 12.8. The van der Waals surface area contributed by atoms with Gasteiger partial charge in [0.25, 0.3) is 0 Å². The minimum atomic E-state index is -4.74. The minimum Gasteiger partial charge on any atom is -0.462 e. The Balaban J connectivity index is 1.92. The maximum absolute atomic E-state index is 13.1. The molecular weight excluding hydrogens is 505 g/mol. The highest BCUT2D eigenvalue weighted by atomic mass is 35.5. The number of anilines is 2. The molecule has 0 atom stereocenters. The van der Waals surface area contributed by atoms with Crippen molar-refractivity contribution in [1.29, 1.82) is 0 Å². The van der Waals surface area contributed by atoms with Crippen molar-refractivity contribution < 1.29 is 35.9 Å². The van der Waals surface area contributed by atoms with Gasteiger partial charge in [-0.3, -0.25) is 9.10 Å². The molecule has 0 spiro atoms. The average Bonchev–Trinajstić information content (AvgIpc) is 3.25. The van der Waals surface area contributed by atoms with Crippen molar-refractivity contribution in [3.05, 3.63) is 44.8 Å². The van der Waals surface area contributed by atoms with Crippen LogP contribution in [0.1, 0.15) is 39.7 Å². The van der Waals surface area contributed by atoms with Crippen LogP contribution in [-0.2, 0) is 38.6 Å². The zero-order valence-corrected chi connectivity index (χ0v) is 20.0. The Hall–Kier alpha value is -2.31. The van der Waals surface area contributed by atoms with E-state index in [0.717, 1.165) is 35.6 Å². The first kappa shape index (κ1) is 25.3. The zero-order chi connectivity index (χ0) is 24.6. The van der Waals surface area contributed by atoms with Crippen molar-refractivity contribution >= 4 is 55.5 Å². The number of hydrogen-bond acceptors (Lipinski definition) is 6. The highest BCUT2D eigenvalue weighted by molar-refractivity contribution is 7.92. The molecule has 0 fully saturated rings. The van der Waals surface area contributed by atoms with Gasteiger partial charge in [0.05, 0.1) is 34.7 Å². The molecule has 1 aromatic heterocycles. The van der Waals surface area contributed by atoms with E-state index in [9.17, 15) is 31.2 Å². The van der Waals surface area contributed by atoms with Crippen molar-refractivity contribution in [1.82, 2.24) is 0 Å². The number of halogens is 4. The maximum Gasteiger partial charge on any atom is 0.416 e. The van der Waals surface area contributed by atoms with E-state index in [4.69, 9.17) is 16.3 Å². The fraction of sp³-hybridized carbons (Fsp3) is 0.400. The van der Waals surface area contributed by atoms with Gasteiger partial charge in [-0.05, 0) is 49.9 Å². The number of aryl methyl sites for hydroxylation is 1. The quantitative estimate of drug-likeness (QED) is 0.539. The minimum absolute atomic E-state index is 0.132. The molecule has 0 saturated heterocycles. The van der Waals surface area contributed by atoms with Gasteiger partial charge >= 0.3 is 12.1 Å². The Kier molecular flexibility index (Phi) is 7.30. The van der Waals surface area contributed by atoms with Crippen molar-refractivity contribution in [2.24, 2.45) is 0 Å². The third-order valence-corrected chi connectivity index (χ3v) is 7.54. The number of carbonyl (C=O) groups excluding carboxylic acids is 2. The summed E-state index contributed by atoms with van der Waals surface area (Å²) >= 11 is 7.17. The second kappa shape index (κ2) is 9.51. The van der Waals surface area contributed by atoms with E-state index in [0.29, 0.717) is 22.9 Å². The highest BCUT2D eigenvalue weighted by Gasteiger charge is 2.34. The van der Waals surface area contributed by atoms with Crippen LogP contribution in [0.4, 0.5) is 23.9 Å². The van der Waals surface area contributed by atoms with Crippen LogP contribution in [0.3, 0.4) is 0 Å². The Morgan fingerprint density at radius 1 is 1.27 bits per heavy atom. The number of nitrogens with zero attached hydrogens (tertiary/aromatic N) is 1. The molecule has 1 aliphatic carbocycles. The fourth-order valence-electron chi connectivity index (χ4n) is 3.47. The lowest BCUT2D eigenvalue weighted by molar-refractivity contribution is -0.137. The molecule has 1 N–H and O–H groups in total. The van der Waals surface area contributed by atoms with E-state index in [2.05, 4.69) is 5.32 Å². The number of benzene rings is 1. The summed E-state index contributed by atoms with van der Waals surface area (Å²) in [5.74, 6) is -1.45. The summed E-state index contributed by atoms with van der Waals surface area (Å²) in [6.07, 6.45) is -1.75. The molecule has 2 aromatic rings. The number of carbonyl (C=O) groups is 2. The molecule has 0 bridgehead atoms. The van der Waals surface area contributed by atoms with Gasteiger partial charge in [0.2, 0.25) is 15.9 Å². The van der Waals surface area contributed by atoms with Crippen molar-refractivity contribution in [2.45, 2.75) is 32.4 Å². The molecule has 1 aliphatic rings. The number of hydrogen-bond donors (Lipinski definition) is 1. The molecule has 180 valence electrons. The van der Waals surface area contributed by atoms with E-state index in [1.165, 1.54) is 11.3 Å². The largest absolute Gasteiger partial charge is 0.462 e. The molecule has 0 aliphatic heterocycles. The normalized spacial score (nSPS) is 13.5. The van der Waals surface area contributed by atoms with Gasteiger partial charge in [-0.25, -0.2) is 13.2 Å². The van der Waals surface area contributed by atoms with E-state index >= 15 is 0 Å². The van der Waals surface area contributed by atoms with E-state index in [1.807, 2.05) is 0 Å². The molecule has 1 aromatic carbocycles. The standard InChI is InChI=1S/C20H20ClF3N2O5S2/c1-3-31-19(28)17-12-5-4-6-15(12)32-18(17)25-16(27)10-26(33(2,29)30)14-9-11(20(22,23)24)7-8-13(14)21/h7-9H,3-6,10H2,1-2H3,(H,25,27). The van der Waals surface area contributed by atoms with Gasteiger partial charge in [0.1, 0.15) is 11.5 Å². The summed E-state index contributed by atoms with van der Waals surface area (Å²) < 4.78 is 69.7. The van der Waals surface area contributed by atoms with Gasteiger partial charge in [0.15, 0.2) is 0 Å². The molecule has 13 heteroatoms. The summed E-state index contributed by atoms with van der Waals surface area (Å²) in [7, 11) is -4.19. The fourth-order valence-corrected chi connectivity index (χ4v) is 5.89. The van der Waals surface area contributed by atoms with Crippen LogP contribution in [0.5, 0.6) is 0 Å². The summed E-state index contributed by atoms with van der Waals surface area (Å²) in [5.41, 5.74) is -0.584. The average molecular weight is 525 g/mol. The number of amides is 1. The molecule has 33 heavy (non-hydrogen) atoms. The second-order valence-electron chi connectivity index (χ2n) is 7.26. The molecule has 1 heterocycles. The Morgan fingerprint density at radius 3 is 2.58 bits per heavy atom. The van der Waals surface area contributed by atoms with Crippen LogP contribution in [0.15, 0.2) is 18.2 Å². The zero-order valence-electron chi connectivity index (χ0n) is 17.6. The first-order chi connectivity index (χ1) is 15.3. The number of ether oxygens (including phenoxy) is 1. The van der Waals surface area contributed by atoms with Crippen LogP contribution in [0, 0.1) is 0 Å². The van der Waals surface area contributed by atoms with Gasteiger partial charge < -0.3 is 10.1 Å². The lowest BCUT2D eigenvalue weighted by atomic mass is 10.1. The van der Waals surface area contributed by atoms with Gasteiger partial charge in [-0.2, -0.15) is 13.2 Å². The molecule has 1 amide bonds. The Bertz CT molecular complexity index is 1200. The topological polar surface area (TPSA) is 92.8 Å². The molecular formula is C20H20ClF3N2O5S2. The lowest BCUT2D eigenvalue weighted by Gasteiger charge is -2.24. The van der Waals surface area contributed by atoms with Gasteiger partial charge in [0, 0.05) is 4.88 Å². The van der Waals surface area contributed by atoms with Gasteiger partial charge in [-0.15, -0.1) is 11.3 Å². The summed E-state index contributed by atoms with van der Waals surface area (Å²) in [5, 5.41) is 2.46. The number of fused-ring (bicyclic) bond motifs is 1. The number of nitrogens with one attached hydrogen (secondary N) is 1. The van der Waals surface area contributed by atoms with Crippen LogP contribution >= 0.6 is 22.9 Å².